The van der Waals surface area contributed by atoms with Crippen LogP contribution in [-0.2, 0) is 17.3 Å². The Kier molecular flexibility index (Phi) is 5.14. The van der Waals surface area contributed by atoms with E-state index in [1.54, 1.807) is 32.9 Å². The Morgan fingerprint density at radius 2 is 1.94 bits per heavy atom. The van der Waals surface area contributed by atoms with Gasteiger partial charge in [-0.3, -0.25) is 18.2 Å². The number of hydrogen-bond donors (Lipinski definition) is 0. The maximum absolute atomic E-state index is 13.5. The van der Waals surface area contributed by atoms with Crippen molar-refractivity contribution in [3.63, 3.8) is 0 Å². The number of rotatable bonds is 5. The van der Waals surface area contributed by atoms with Gasteiger partial charge in [0.2, 0.25) is 0 Å². The fourth-order valence-corrected chi connectivity index (χ4v) is 4.24. The lowest BCUT2D eigenvalue weighted by atomic mass is 9.87. The second kappa shape index (κ2) is 7.93. The number of hydrogen-bond acceptors (Lipinski definition) is 6. The molecular weight excluding hydrogens is 439 g/mol. The van der Waals surface area contributed by atoms with Gasteiger partial charge in [-0.1, -0.05) is 0 Å². The average Bonchev–Trinajstić information content (AvgIpc) is 3.48. The van der Waals surface area contributed by atoms with Crippen LogP contribution in [0.25, 0.3) is 28.3 Å². The number of halogens is 1. The molecule has 0 unspecified atom stereocenters. The second-order valence-corrected chi connectivity index (χ2v) is 9.70. The molecule has 34 heavy (non-hydrogen) atoms. The maximum Gasteiger partial charge on any atom is 0.410 e. The normalized spacial score (nSPS) is 15.5. The summed E-state index contributed by atoms with van der Waals surface area (Å²) in [4.78, 5) is 23.3. The van der Waals surface area contributed by atoms with Gasteiger partial charge in [0.25, 0.3) is 0 Å². The lowest BCUT2D eigenvalue weighted by Gasteiger charge is -2.49. The number of aromatic nitrogens is 7. The van der Waals surface area contributed by atoms with Gasteiger partial charge in [0.15, 0.2) is 0 Å². The number of carbonyl (C=O) groups excluding carboxylic acids is 1. The van der Waals surface area contributed by atoms with Crippen LogP contribution in [0.2, 0.25) is 0 Å². The molecule has 0 radical (unpaired) electrons. The highest BCUT2D eigenvalue weighted by molar-refractivity contribution is 5.70. The van der Waals surface area contributed by atoms with Gasteiger partial charge in [-0.2, -0.15) is 10.2 Å². The molecule has 4 aromatic rings. The molecular formula is C23H27FN8O2. The molecule has 1 aliphatic heterocycles. The molecule has 5 rings (SSSR count). The summed E-state index contributed by atoms with van der Waals surface area (Å²) in [6.07, 6.45) is 10.6. The van der Waals surface area contributed by atoms with E-state index in [-0.39, 0.29) is 6.42 Å². The highest BCUT2D eigenvalue weighted by Crippen LogP contribution is 2.35. The number of carbonyl (C=O) groups is 1. The van der Waals surface area contributed by atoms with Crippen molar-refractivity contribution >= 4 is 11.7 Å². The van der Waals surface area contributed by atoms with Gasteiger partial charge in [0.05, 0.1) is 43.4 Å². The summed E-state index contributed by atoms with van der Waals surface area (Å²) in [6.45, 7) is 5.61. The maximum atomic E-state index is 13.5. The summed E-state index contributed by atoms with van der Waals surface area (Å²) in [5, 5.41) is 8.79. The number of imidazole rings is 1. The minimum atomic E-state index is -0.626. The lowest BCUT2D eigenvalue weighted by molar-refractivity contribution is -0.0379. The van der Waals surface area contributed by atoms with Gasteiger partial charge in [-0.25, -0.2) is 14.8 Å². The molecule has 0 N–H and O–H groups in total. The first-order valence-electron chi connectivity index (χ1n) is 11.1. The zero-order chi connectivity index (χ0) is 24.1. The molecule has 0 saturated carbocycles. The quantitative estimate of drug-likeness (QED) is 0.448. The van der Waals surface area contributed by atoms with Crippen molar-refractivity contribution < 1.29 is 13.9 Å². The van der Waals surface area contributed by atoms with Crippen molar-refractivity contribution in [1.29, 1.82) is 0 Å². The van der Waals surface area contributed by atoms with Crippen LogP contribution in [0, 0.1) is 0 Å². The number of aryl methyl sites for hydroxylation is 1. The third-order valence-corrected chi connectivity index (χ3v) is 5.90. The summed E-state index contributed by atoms with van der Waals surface area (Å²) >= 11 is 0. The van der Waals surface area contributed by atoms with Crippen LogP contribution >= 0.6 is 0 Å². The molecule has 0 aliphatic carbocycles. The Morgan fingerprint density at radius 1 is 1.18 bits per heavy atom. The first kappa shape index (κ1) is 22.1. The van der Waals surface area contributed by atoms with E-state index >= 15 is 0 Å². The van der Waals surface area contributed by atoms with E-state index in [2.05, 4.69) is 15.2 Å². The van der Waals surface area contributed by atoms with Crippen LogP contribution in [0.3, 0.4) is 0 Å². The van der Waals surface area contributed by atoms with E-state index < -0.39 is 23.9 Å². The Balaban J connectivity index is 1.46. The van der Waals surface area contributed by atoms with E-state index in [1.165, 1.54) is 0 Å². The van der Waals surface area contributed by atoms with Crippen molar-refractivity contribution in [2.45, 2.75) is 38.3 Å². The van der Waals surface area contributed by atoms with Gasteiger partial charge in [0, 0.05) is 49.9 Å². The van der Waals surface area contributed by atoms with Gasteiger partial charge in [-0.05, 0) is 20.8 Å². The summed E-state index contributed by atoms with van der Waals surface area (Å²) in [6, 6.07) is 1.90. The fourth-order valence-electron chi connectivity index (χ4n) is 4.24. The Labute approximate surface area is 196 Å². The Bertz CT molecular complexity index is 1340. The highest BCUT2D eigenvalue weighted by Gasteiger charge is 2.48. The molecule has 5 heterocycles. The molecule has 178 valence electrons. The molecule has 1 saturated heterocycles. The molecule has 4 aromatic heterocycles. The average molecular weight is 467 g/mol. The van der Waals surface area contributed by atoms with Crippen molar-refractivity contribution in [2.75, 3.05) is 19.8 Å². The molecule has 1 fully saturated rings. The number of alkyl halides is 1. The standard InChI is InChI=1S/C23H27FN8O2/c1-22(2,3)34-21(33)30-14-23(15-30,5-6-24)32-13-17(11-27-32)20-28-18(16-10-26-29(4)12-16)9-19-25-7-8-31(19)20/h7-13H,5-6,14-15H2,1-4H3. The highest BCUT2D eigenvalue weighted by atomic mass is 19.1. The predicted molar refractivity (Wildman–Crippen MR) is 123 cm³/mol. The van der Waals surface area contributed by atoms with Crippen LogP contribution in [0.1, 0.15) is 27.2 Å². The van der Waals surface area contributed by atoms with Gasteiger partial charge in [-0.15, -0.1) is 0 Å². The van der Waals surface area contributed by atoms with Gasteiger partial charge in [0.1, 0.15) is 22.6 Å². The fraction of sp³-hybridized carbons (Fsp3) is 0.435. The Hall–Kier alpha value is -3.76. The first-order chi connectivity index (χ1) is 16.2. The van der Waals surface area contributed by atoms with Crippen LogP contribution in [0.4, 0.5) is 9.18 Å². The van der Waals surface area contributed by atoms with Gasteiger partial charge < -0.3 is 9.64 Å². The second-order valence-electron chi connectivity index (χ2n) is 9.70. The molecule has 0 bridgehead atoms. The van der Waals surface area contributed by atoms with Crippen molar-refractivity contribution in [2.24, 2.45) is 7.05 Å². The van der Waals surface area contributed by atoms with E-state index in [0.717, 1.165) is 22.5 Å². The van der Waals surface area contributed by atoms with E-state index in [4.69, 9.17) is 9.72 Å². The number of fused-ring (bicyclic) bond motifs is 1. The molecule has 0 spiro atoms. The van der Waals surface area contributed by atoms with E-state index in [0.29, 0.717) is 18.9 Å². The molecule has 0 aromatic carbocycles. The third kappa shape index (κ3) is 3.91. The summed E-state index contributed by atoms with van der Waals surface area (Å²) in [5.74, 6) is 0.666. The molecule has 11 heteroatoms. The van der Waals surface area contributed by atoms with Crippen LogP contribution in [0.5, 0.6) is 0 Å². The number of nitrogens with zero attached hydrogens (tertiary/aromatic N) is 8. The largest absolute Gasteiger partial charge is 0.444 e. The van der Waals surface area contributed by atoms with Crippen LogP contribution in [-0.4, -0.2) is 70.3 Å². The minimum Gasteiger partial charge on any atom is -0.444 e. The SMILES string of the molecule is Cn1cc(-c2cc3nccn3c(-c3cnn(C4(CCF)CN(C(=O)OC(C)(C)C)C4)c3)n2)cn1. The summed E-state index contributed by atoms with van der Waals surface area (Å²) in [5.41, 5.74) is 1.92. The summed E-state index contributed by atoms with van der Waals surface area (Å²) < 4.78 is 24.3. The molecule has 1 amide bonds. The summed E-state index contributed by atoms with van der Waals surface area (Å²) in [7, 11) is 1.85. The third-order valence-electron chi connectivity index (χ3n) is 5.90. The smallest absolute Gasteiger partial charge is 0.410 e. The monoisotopic (exact) mass is 466 g/mol. The topological polar surface area (TPSA) is 95.4 Å². The van der Waals surface area contributed by atoms with Gasteiger partial charge >= 0.3 is 6.09 Å². The van der Waals surface area contributed by atoms with Crippen molar-refractivity contribution in [3.8, 4) is 22.6 Å². The zero-order valence-electron chi connectivity index (χ0n) is 19.6. The van der Waals surface area contributed by atoms with Crippen molar-refractivity contribution in [3.05, 3.63) is 43.2 Å². The van der Waals surface area contributed by atoms with Crippen LogP contribution < -0.4 is 0 Å². The van der Waals surface area contributed by atoms with E-state index in [1.807, 2.05) is 56.9 Å². The Morgan fingerprint density at radius 3 is 2.62 bits per heavy atom. The van der Waals surface area contributed by atoms with Crippen LogP contribution in [0.15, 0.2) is 43.2 Å². The minimum absolute atomic E-state index is 0.247. The predicted octanol–water partition coefficient (Wildman–Crippen LogP) is 3.30. The van der Waals surface area contributed by atoms with Crippen molar-refractivity contribution in [1.82, 2.24) is 38.8 Å². The zero-order valence-corrected chi connectivity index (χ0v) is 19.6. The first-order valence-corrected chi connectivity index (χ1v) is 11.1. The molecule has 10 nitrogen and oxygen atoms in total. The van der Waals surface area contributed by atoms with E-state index in [9.17, 15) is 9.18 Å². The number of ether oxygens (including phenoxy) is 1. The number of likely N-dealkylation sites (tertiary alicyclic amines) is 1. The lowest BCUT2D eigenvalue weighted by Crippen LogP contribution is -2.65. The molecule has 0 atom stereocenters. The molecule has 1 aliphatic rings. The number of amides is 1.